The first-order valence-corrected chi connectivity index (χ1v) is 8.99. The summed E-state index contributed by atoms with van der Waals surface area (Å²) < 4.78 is 0. The van der Waals surface area contributed by atoms with Gasteiger partial charge in [0.05, 0.1) is 0 Å². The van der Waals surface area contributed by atoms with E-state index in [9.17, 15) is 0 Å². The van der Waals surface area contributed by atoms with Crippen LogP contribution in [0.15, 0.2) is 35.4 Å². The van der Waals surface area contributed by atoms with Crippen molar-refractivity contribution >= 4 is 13.5 Å². The number of benzene rings is 1. The summed E-state index contributed by atoms with van der Waals surface area (Å²) in [5, 5.41) is 0. The second-order valence-corrected chi connectivity index (χ2v) is 8.00. The minimum Gasteiger partial charge on any atom is -0.101 e. The Hall–Kier alpha value is -0.870. The Labute approximate surface area is 112 Å². The molecule has 0 amide bonds. The van der Waals surface area contributed by atoms with E-state index in [2.05, 4.69) is 44.8 Å². The fourth-order valence-electron chi connectivity index (χ4n) is 3.25. The largest absolute Gasteiger partial charge is 0.101 e. The molecule has 2 aliphatic rings. The molecule has 0 saturated carbocycles. The van der Waals surface area contributed by atoms with Gasteiger partial charge in [0.15, 0.2) is 0 Å². The number of allylic oxidation sites excluding steroid dienone is 4. The van der Waals surface area contributed by atoms with Crippen LogP contribution < -0.4 is 0 Å². The number of rotatable bonds is 0. The van der Waals surface area contributed by atoms with Crippen molar-refractivity contribution in [2.45, 2.75) is 32.9 Å². The molecule has 0 bridgehead atoms. The van der Waals surface area contributed by atoms with Crippen LogP contribution in [0.3, 0.4) is 0 Å². The highest BCUT2D eigenvalue weighted by Gasteiger charge is 2.23. The number of aryl methyl sites for hydroxylation is 1. The molecule has 0 aromatic heterocycles. The summed E-state index contributed by atoms with van der Waals surface area (Å²) in [6, 6.07) is 6.86. The van der Waals surface area contributed by atoms with Crippen molar-refractivity contribution in [2.24, 2.45) is 0 Å². The van der Waals surface area contributed by atoms with Crippen molar-refractivity contribution in [2.75, 3.05) is 12.8 Å². The lowest BCUT2D eigenvalue weighted by Crippen LogP contribution is -2.01. The predicted molar refractivity (Wildman–Crippen MR) is 82.5 cm³/mol. The van der Waals surface area contributed by atoms with Crippen molar-refractivity contribution in [1.29, 1.82) is 0 Å². The van der Waals surface area contributed by atoms with Crippen LogP contribution >= 0.6 is 7.92 Å². The van der Waals surface area contributed by atoms with Gasteiger partial charge >= 0.3 is 0 Å². The second kappa shape index (κ2) is 4.67. The summed E-state index contributed by atoms with van der Waals surface area (Å²) in [5.41, 5.74) is 9.54. The van der Waals surface area contributed by atoms with Crippen LogP contribution in [-0.4, -0.2) is 12.8 Å². The summed E-state index contributed by atoms with van der Waals surface area (Å²) in [6.45, 7) is 7.04. The SMILES string of the molecule is CC1=CCCC2=C1CP(C)Cc1c(C)cccc12. The van der Waals surface area contributed by atoms with E-state index in [4.69, 9.17) is 0 Å². The molecular weight excluding hydrogens is 235 g/mol. The van der Waals surface area contributed by atoms with E-state index < -0.39 is 0 Å². The molecule has 0 fully saturated rings. The maximum Gasteiger partial charge on any atom is -0.00639 e. The van der Waals surface area contributed by atoms with E-state index in [1.165, 1.54) is 30.7 Å². The van der Waals surface area contributed by atoms with Gasteiger partial charge in [-0.2, -0.15) is 0 Å². The minimum atomic E-state index is 0.110. The van der Waals surface area contributed by atoms with Gasteiger partial charge in [-0.1, -0.05) is 29.8 Å². The van der Waals surface area contributed by atoms with Crippen LogP contribution in [0.2, 0.25) is 0 Å². The molecule has 1 aromatic rings. The highest BCUT2D eigenvalue weighted by atomic mass is 31.1. The topological polar surface area (TPSA) is 0 Å². The molecule has 0 radical (unpaired) electrons. The van der Waals surface area contributed by atoms with E-state index in [0.29, 0.717) is 0 Å². The zero-order valence-electron chi connectivity index (χ0n) is 11.6. The zero-order valence-corrected chi connectivity index (χ0v) is 12.5. The maximum absolute atomic E-state index is 2.46. The van der Waals surface area contributed by atoms with Crippen LogP contribution in [0.4, 0.5) is 0 Å². The lowest BCUT2D eigenvalue weighted by Gasteiger charge is -2.20. The smallest absolute Gasteiger partial charge is 0.00639 e. The lowest BCUT2D eigenvalue weighted by molar-refractivity contribution is 1.01. The number of hydrogen-bond donors (Lipinski definition) is 0. The van der Waals surface area contributed by atoms with Crippen LogP contribution in [0.5, 0.6) is 0 Å². The third-order valence-electron chi connectivity index (χ3n) is 4.28. The van der Waals surface area contributed by atoms with Crippen molar-refractivity contribution in [3.8, 4) is 0 Å². The Balaban J connectivity index is 2.24. The molecule has 1 heteroatoms. The third-order valence-corrected chi connectivity index (χ3v) is 5.99. The van der Waals surface area contributed by atoms with Crippen LogP contribution in [0.1, 0.15) is 36.5 Å². The first kappa shape index (κ1) is 12.2. The van der Waals surface area contributed by atoms with Gasteiger partial charge in [0.1, 0.15) is 0 Å². The molecule has 0 N–H and O–H groups in total. The van der Waals surface area contributed by atoms with Crippen LogP contribution in [0.25, 0.3) is 5.57 Å². The van der Waals surface area contributed by atoms with E-state index in [-0.39, 0.29) is 7.92 Å². The Morgan fingerprint density at radius 2 is 1.89 bits per heavy atom. The van der Waals surface area contributed by atoms with Gasteiger partial charge in [0, 0.05) is 0 Å². The van der Waals surface area contributed by atoms with E-state index in [1.54, 1.807) is 27.8 Å². The van der Waals surface area contributed by atoms with Crippen LogP contribution in [-0.2, 0) is 6.16 Å². The monoisotopic (exact) mass is 256 g/mol. The van der Waals surface area contributed by atoms with Gasteiger partial charge in [-0.15, -0.1) is 7.92 Å². The highest BCUT2D eigenvalue weighted by molar-refractivity contribution is 7.56. The lowest BCUT2D eigenvalue weighted by atomic mass is 9.85. The van der Waals surface area contributed by atoms with Crippen molar-refractivity contribution in [3.05, 3.63) is 52.1 Å². The molecule has 1 unspecified atom stereocenters. The van der Waals surface area contributed by atoms with Gasteiger partial charge in [0.2, 0.25) is 0 Å². The fourth-order valence-corrected chi connectivity index (χ4v) is 5.30. The standard InChI is InChI=1S/C17H21P/c1-12-6-4-8-14-15-9-5-7-13(2)17(15)11-18(3)10-16(12)14/h4,6-8H,5,9-11H2,1-3H3. The molecule has 18 heavy (non-hydrogen) atoms. The van der Waals surface area contributed by atoms with Crippen molar-refractivity contribution in [3.63, 3.8) is 0 Å². The molecule has 1 aromatic carbocycles. The van der Waals surface area contributed by atoms with Gasteiger partial charge in [0.25, 0.3) is 0 Å². The Morgan fingerprint density at radius 3 is 2.72 bits per heavy atom. The van der Waals surface area contributed by atoms with E-state index in [0.717, 1.165) is 0 Å². The molecule has 94 valence electrons. The van der Waals surface area contributed by atoms with Gasteiger partial charge < -0.3 is 0 Å². The average molecular weight is 256 g/mol. The predicted octanol–water partition coefficient (Wildman–Crippen LogP) is 5.11. The van der Waals surface area contributed by atoms with Gasteiger partial charge in [-0.05, 0) is 73.5 Å². The third kappa shape index (κ3) is 1.97. The first-order valence-electron chi connectivity index (χ1n) is 6.83. The summed E-state index contributed by atoms with van der Waals surface area (Å²) >= 11 is 0. The number of fused-ring (bicyclic) bond motifs is 2. The zero-order chi connectivity index (χ0) is 12.7. The molecule has 0 nitrogen and oxygen atoms in total. The van der Waals surface area contributed by atoms with E-state index in [1.807, 2.05) is 0 Å². The first-order chi connectivity index (χ1) is 8.66. The average Bonchev–Trinajstić information content (AvgIpc) is 2.48. The summed E-state index contributed by atoms with van der Waals surface area (Å²) in [7, 11) is 0.110. The second-order valence-electron chi connectivity index (χ2n) is 5.66. The van der Waals surface area contributed by atoms with Gasteiger partial charge in [-0.3, -0.25) is 0 Å². The highest BCUT2D eigenvalue weighted by Crippen LogP contribution is 2.48. The normalized spacial score (nSPS) is 23.1. The minimum absolute atomic E-state index is 0.110. The van der Waals surface area contributed by atoms with Crippen molar-refractivity contribution in [1.82, 2.24) is 0 Å². The molecule has 0 spiro atoms. The Bertz CT molecular complexity index is 549. The molecule has 3 rings (SSSR count). The molecule has 1 aliphatic heterocycles. The molecule has 0 saturated heterocycles. The van der Waals surface area contributed by atoms with Crippen molar-refractivity contribution < 1.29 is 0 Å². The maximum atomic E-state index is 2.46. The summed E-state index contributed by atoms with van der Waals surface area (Å²) in [5.74, 6) is 0. The molecule has 1 heterocycles. The quantitative estimate of drug-likeness (QED) is 0.565. The molecular formula is C17H21P. The molecule has 1 atom stereocenters. The fraction of sp³-hybridized carbons (Fsp3) is 0.412. The van der Waals surface area contributed by atoms with E-state index >= 15 is 0 Å². The Morgan fingerprint density at radius 1 is 1.06 bits per heavy atom. The van der Waals surface area contributed by atoms with Gasteiger partial charge in [-0.25, -0.2) is 0 Å². The summed E-state index contributed by atoms with van der Waals surface area (Å²) in [6.07, 6.45) is 7.52. The Kier molecular flexibility index (Phi) is 3.16. The van der Waals surface area contributed by atoms with Crippen LogP contribution in [0, 0.1) is 6.92 Å². The number of hydrogen-bond acceptors (Lipinski definition) is 0. The molecule has 1 aliphatic carbocycles. The summed E-state index contributed by atoms with van der Waals surface area (Å²) in [4.78, 5) is 0.